The minimum absolute atomic E-state index is 0.00226. The highest BCUT2D eigenvalue weighted by Gasteiger charge is 2.41. The molecule has 0 unspecified atom stereocenters. The third kappa shape index (κ3) is 5.25. The Morgan fingerprint density at radius 3 is 2.70 bits per heavy atom. The second kappa shape index (κ2) is 8.22. The molecule has 1 aliphatic carbocycles. The van der Waals surface area contributed by atoms with Gasteiger partial charge in [-0.3, -0.25) is 14.2 Å². The van der Waals surface area contributed by atoms with Crippen LogP contribution >= 0.6 is 27.5 Å². The monoisotopic (exact) mass is 467 g/mol. The molecule has 1 N–H and O–H groups in total. The molecule has 1 saturated carbocycles. The van der Waals surface area contributed by atoms with E-state index in [0.29, 0.717) is 25.2 Å². The van der Waals surface area contributed by atoms with E-state index in [4.69, 9.17) is 11.6 Å². The molecule has 0 aliphatic heterocycles. The molecule has 0 atom stereocenters. The van der Waals surface area contributed by atoms with Crippen LogP contribution in [0.25, 0.3) is 0 Å². The van der Waals surface area contributed by atoms with Crippen LogP contribution in [0, 0.1) is 0 Å². The third-order valence-electron chi connectivity index (χ3n) is 4.20. The second-order valence-corrected chi connectivity index (χ2v) is 7.71. The van der Waals surface area contributed by atoms with Gasteiger partial charge in [-0.15, -0.1) is 0 Å². The van der Waals surface area contributed by atoms with Crippen LogP contribution in [0.4, 0.5) is 13.2 Å². The van der Waals surface area contributed by atoms with E-state index in [2.05, 4.69) is 31.4 Å². The summed E-state index contributed by atoms with van der Waals surface area (Å²) in [6, 6.07) is 0. The number of amides is 1. The van der Waals surface area contributed by atoms with E-state index in [9.17, 15) is 18.0 Å². The maximum Gasteiger partial charge on any atom is 0.436 e. The van der Waals surface area contributed by atoms with Crippen molar-refractivity contribution in [2.45, 2.75) is 50.9 Å². The van der Waals surface area contributed by atoms with Crippen LogP contribution in [0.3, 0.4) is 0 Å². The average molecular weight is 469 g/mol. The molecular weight excluding hydrogens is 451 g/mol. The lowest BCUT2D eigenvalue weighted by Crippen LogP contribution is -2.26. The number of carbonyl (C=O) groups is 1. The zero-order valence-electron chi connectivity index (χ0n) is 14.3. The van der Waals surface area contributed by atoms with E-state index < -0.39 is 11.9 Å². The van der Waals surface area contributed by atoms with Crippen LogP contribution in [0.2, 0.25) is 5.02 Å². The topological polar surface area (TPSA) is 64.7 Å². The maximum atomic E-state index is 13.0. The normalized spacial score (nSPS) is 14.6. The van der Waals surface area contributed by atoms with Gasteiger partial charge in [0.15, 0.2) is 5.69 Å². The Morgan fingerprint density at radius 1 is 1.37 bits per heavy atom. The van der Waals surface area contributed by atoms with E-state index in [-0.39, 0.29) is 29.8 Å². The first-order valence-electron chi connectivity index (χ1n) is 8.53. The van der Waals surface area contributed by atoms with Gasteiger partial charge in [-0.2, -0.15) is 23.4 Å². The van der Waals surface area contributed by atoms with Gasteiger partial charge in [-0.05, 0) is 35.2 Å². The molecule has 6 nitrogen and oxygen atoms in total. The standard InChI is InChI=1S/C16H18BrClF3N5O/c17-11-8-23-25(9-11)6-1-5-22-12(27)4-7-26-14(10-2-3-10)13(18)15(24-26)16(19,20)21/h8-10H,1-7H2,(H,22,27). The first-order chi connectivity index (χ1) is 12.8. The minimum atomic E-state index is -4.60. The Kier molecular flexibility index (Phi) is 6.15. The average Bonchev–Trinajstić information content (AvgIpc) is 3.24. The quantitative estimate of drug-likeness (QED) is 0.596. The predicted molar refractivity (Wildman–Crippen MR) is 96.4 cm³/mol. The maximum absolute atomic E-state index is 13.0. The lowest BCUT2D eigenvalue weighted by atomic mass is 10.2. The van der Waals surface area contributed by atoms with Gasteiger partial charge in [-0.1, -0.05) is 11.6 Å². The number of aromatic nitrogens is 4. The van der Waals surface area contributed by atoms with E-state index in [1.165, 1.54) is 4.68 Å². The van der Waals surface area contributed by atoms with Gasteiger partial charge < -0.3 is 5.32 Å². The van der Waals surface area contributed by atoms with E-state index in [1.54, 1.807) is 10.9 Å². The van der Waals surface area contributed by atoms with Gasteiger partial charge in [0.25, 0.3) is 0 Å². The van der Waals surface area contributed by atoms with Crippen molar-refractivity contribution in [1.29, 1.82) is 0 Å². The van der Waals surface area contributed by atoms with Gasteiger partial charge in [0.05, 0.1) is 27.9 Å². The van der Waals surface area contributed by atoms with Crippen molar-refractivity contribution >= 4 is 33.4 Å². The van der Waals surface area contributed by atoms with Crippen molar-refractivity contribution in [3.8, 4) is 0 Å². The molecule has 11 heteroatoms. The molecule has 1 amide bonds. The molecule has 1 fully saturated rings. The molecule has 2 aromatic heterocycles. The smallest absolute Gasteiger partial charge is 0.356 e. The fraction of sp³-hybridized carbons (Fsp3) is 0.562. The highest BCUT2D eigenvalue weighted by Crippen LogP contribution is 2.46. The van der Waals surface area contributed by atoms with Gasteiger partial charge >= 0.3 is 6.18 Å². The number of hydrogen-bond donors (Lipinski definition) is 1. The van der Waals surface area contributed by atoms with Crippen molar-refractivity contribution in [2.75, 3.05) is 6.54 Å². The molecule has 0 aromatic carbocycles. The van der Waals surface area contributed by atoms with Crippen molar-refractivity contribution in [1.82, 2.24) is 24.9 Å². The van der Waals surface area contributed by atoms with Gasteiger partial charge in [0, 0.05) is 31.6 Å². The van der Waals surface area contributed by atoms with Crippen molar-refractivity contribution in [3.05, 3.63) is 33.3 Å². The third-order valence-corrected chi connectivity index (χ3v) is 4.98. The molecule has 2 heterocycles. The fourth-order valence-electron chi connectivity index (χ4n) is 2.78. The number of hydrogen-bond acceptors (Lipinski definition) is 3. The Hall–Kier alpha value is -1.55. The van der Waals surface area contributed by atoms with E-state index in [1.807, 2.05) is 6.20 Å². The SMILES string of the molecule is O=C(CCn1nc(C(F)(F)F)c(Cl)c1C1CC1)NCCCn1cc(Br)cn1. The molecular formula is C16H18BrClF3N5O. The highest BCUT2D eigenvalue weighted by atomic mass is 79.9. The summed E-state index contributed by atoms with van der Waals surface area (Å²) in [6.07, 6.45) is 1.23. The number of nitrogens with zero attached hydrogens (tertiary/aromatic N) is 4. The van der Waals surface area contributed by atoms with Crippen LogP contribution in [-0.2, 0) is 24.1 Å². The number of halogens is 5. The minimum Gasteiger partial charge on any atom is -0.356 e. The molecule has 27 heavy (non-hydrogen) atoms. The molecule has 148 valence electrons. The second-order valence-electron chi connectivity index (χ2n) is 6.42. The Morgan fingerprint density at radius 2 is 2.11 bits per heavy atom. The first kappa shape index (κ1) is 20.2. The summed E-state index contributed by atoms with van der Waals surface area (Å²) in [4.78, 5) is 12.0. The highest BCUT2D eigenvalue weighted by molar-refractivity contribution is 9.10. The number of aryl methyl sites for hydroxylation is 2. The largest absolute Gasteiger partial charge is 0.436 e. The predicted octanol–water partition coefficient (Wildman–Crippen LogP) is 3.99. The summed E-state index contributed by atoms with van der Waals surface area (Å²) in [6.45, 7) is 1.18. The Bertz CT molecular complexity index is 816. The van der Waals surface area contributed by atoms with E-state index >= 15 is 0 Å². The number of nitrogens with one attached hydrogen (secondary N) is 1. The summed E-state index contributed by atoms with van der Waals surface area (Å²) in [5, 5.41) is 10.1. The van der Waals surface area contributed by atoms with E-state index in [0.717, 1.165) is 17.3 Å². The Balaban J connectivity index is 1.49. The summed E-state index contributed by atoms with van der Waals surface area (Å²) in [5.41, 5.74) is -0.682. The number of rotatable bonds is 8. The van der Waals surface area contributed by atoms with Crippen molar-refractivity contribution < 1.29 is 18.0 Å². The molecule has 0 radical (unpaired) electrons. The van der Waals surface area contributed by atoms with Crippen LogP contribution in [-0.4, -0.2) is 32.0 Å². The van der Waals surface area contributed by atoms with Crippen LogP contribution in [0.15, 0.2) is 16.9 Å². The van der Waals surface area contributed by atoms with Crippen molar-refractivity contribution in [3.63, 3.8) is 0 Å². The lowest BCUT2D eigenvalue weighted by Gasteiger charge is -2.08. The molecule has 2 aromatic rings. The molecule has 0 saturated heterocycles. The molecule has 0 spiro atoms. The fourth-order valence-corrected chi connectivity index (χ4v) is 3.50. The van der Waals surface area contributed by atoms with Gasteiger partial charge in [-0.25, -0.2) is 0 Å². The summed E-state index contributed by atoms with van der Waals surface area (Å²) < 4.78 is 42.9. The number of carbonyl (C=O) groups excluding carboxylic acids is 1. The summed E-state index contributed by atoms with van der Waals surface area (Å²) in [5.74, 6) is -0.240. The molecule has 0 bridgehead atoms. The zero-order chi connectivity index (χ0) is 19.6. The Labute approximate surface area is 167 Å². The van der Waals surface area contributed by atoms with Crippen LogP contribution < -0.4 is 5.32 Å². The van der Waals surface area contributed by atoms with Crippen molar-refractivity contribution in [2.24, 2.45) is 0 Å². The first-order valence-corrected chi connectivity index (χ1v) is 9.71. The summed E-state index contributed by atoms with van der Waals surface area (Å²) in [7, 11) is 0. The molecule has 3 rings (SSSR count). The zero-order valence-corrected chi connectivity index (χ0v) is 16.6. The summed E-state index contributed by atoms with van der Waals surface area (Å²) >= 11 is 9.22. The number of alkyl halides is 3. The lowest BCUT2D eigenvalue weighted by molar-refractivity contribution is -0.141. The van der Waals surface area contributed by atoms with Gasteiger partial charge in [0.1, 0.15) is 0 Å². The van der Waals surface area contributed by atoms with Crippen LogP contribution in [0.1, 0.15) is 43.0 Å². The molecule has 1 aliphatic rings. The van der Waals surface area contributed by atoms with Gasteiger partial charge in [0.2, 0.25) is 5.91 Å². The van der Waals surface area contributed by atoms with Crippen LogP contribution in [0.5, 0.6) is 0 Å².